The maximum atomic E-state index is 12.6. The van der Waals surface area contributed by atoms with E-state index in [2.05, 4.69) is 28.5 Å². The Morgan fingerprint density at radius 1 is 0.938 bits per heavy atom. The maximum Gasteiger partial charge on any atom is 0.321 e. The molecule has 0 bridgehead atoms. The SMILES string of the molecule is O=C(Nc1ccc(C2CCN(C(=O)[C@H]3CCOC3)CC2)cc1)N1CC(c2cccnc2)C1. The van der Waals surface area contributed by atoms with Gasteiger partial charge in [-0.3, -0.25) is 9.78 Å². The average molecular weight is 435 g/mol. The van der Waals surface area contributed by atoms with E-state index < -0.39 is 0 Å². The molecule has 3 amide bonds. The summed E-state index contributed by atoms with van der Waals surface area (Å²) in [7, 11) is 0. The fraction of sp³-hybridized carbons (Fsp3) is 0.480. The molecule has 3 aliphatic rings. The highest BCUT2D eigenvalue weighted by Gasteiger charge is 2.32. The molecule has 0 unspecified atom stereocenters. The minimum Gasteiger partial charge on any atom is -0.381 e. The first-order chi connectivity index (χ1) is 15.7. The summed E-state index contributed by atoms with van der Waals surface area (Å²) in [4.78, 5) is 33.1. The number of hydrogen-bond acceptors (Lipinski definition) is 4. The number of hydrogen-bond donors (Lipinski definition) is 1. The van der Waals surface area contributed by atoms with E-state index in [1.54, 1.807) is 6.20 Å². The van der Waals surface area contributed by atoms with E-state index in [4.69, 9.17) is 4.74 Å². The second kappa shape index (κ2) is 9.28. The van der Waals surface area contributed by atoms with E-state index >= 15 is 0 Å². The molecule has 5 rings (SSSR count). The third-order valence-corrected chi connectivity index (χ3v) is 7.04. The molecule has 7 heteroatoms. The number of benzene rings is 1. The molecule has 2 aromatic rings. The molecule has 4 heterocycles. The molecule has 1 aromatic carbocycles. The van der Waals surface area contributed by atoms with Crippen LogP contribution >= 0.6 is 0 Å². The van der Waals surface area contributed by atoms with Gasteiger partial charge in [-0.05, 0) is 54.5 Å². The standard InChI is InChI=1S/C25H30N4O3/c30-24(21-9-13-32-17-21)28-11-7-19(8-12-28)18-3-5-23(6-4-18)27-25(31)29-15-22(16-29)20-2-1-10-26-14-20/h1-6,10,14,19,21-22H,7-9,11-13,15-17H2,(H,27,31)/t21-/m0/s1. The Morgan fingerprint density at radius 2 is 1.72 bits per heavy atom. The molecule has 0 saturated carbocycles. The molecule has 1 N–H and O–H groups in total. The maximum absolute atomic E-state index is 12.6. The van der Waals surface area contributed by atoms with E-state index in [-0.39, 0.29) is 17.9 Å². The summed E-state index contributed by atoms with van der Waals surface area (Å²) in [6.07, 6.45) is 6.46. The second-order valence-corrected chi connectivity index (χ2v) is 9.10. The van der Waals surface area contributed by atoms with Crippen LogP contribution in [0, 0.1) is 5.92 Å². The van der Waals surface area contributed by atoms with E-state index in [0.29, 0.717) is 25.0 Å². The van der Waals surface area contributed by atoms with Crippen molar-refractivity contribution in [3.63, 3.8) is 0 Å². The highest BCUT2D eigenvalue weighted by atomic mass is 16.5. The summed E-state index contributed by atoms with van der Waals surface area (Å²) in [6, 6.07) is 12.1. The van der Waals surface area contributed by atoms with Gasteiger partial charge < -0.3 is 19.9 Å². The van der Waals surface area contributed by atoms with Crippen molar-refractivity contribution in [3.8, 4) is 0 Å². The fourth-order valence-electron chi connectivity index (χ4n) is 4.93. The van der Waals surface area contributed by atoms with Crippen molar-refractivity contribution >= 4 is 17.6 Å². The van der Waals surface area contributed by atoms with Crippen LogP contribution in [0.5, 0.6) is 0 Å². The number of pyridine rings is 1. The first kappa shape index (κ1) is 20.9. The van der Waals surface area contributed by atoms with Gasteiger partial charge in [-0.2, -0.15) is 0 Å². The van der Waals surface area contributed by atoms with E-state index in [0.717, 1.165) is 51.1 Å². The summed E-state index contributed by atoms with van der Waals surface area (Å²) in [5, 5.41) is 3.01. The zero-order valence-electron chi connectivity index (χ0n) is 18.3. The van der Waals surface area contributed by atoms with Crippen molar-refractivity contribution in [2.24, 2.45) is 5.92 Å². The lowest BCUT2D eigenvalue weighted by atomic mass is 9.89. The molecule has 1 atom stereocenters. The van der Waals surface area contributed by atoms with Gasteiger partial charge in [-0.15, -0.1) is 0 Å². The Bertz CT molecular complexity index is 929. The van der Waals surface area contributed by atoms with Gasteiger partial charge in [0.1, 0.15) is 0 Å². The lowest BCUT2D eigenvalue weighted by Crippen LogP contribution is -2.50. The molecular formula is C25H30N4O3. The van der Waals surface area contributed by atoms with Gasteiger partial charge in [0, 0.05) is 56.8 Å². The summed E-state index contributed by atoms with van der Waals surface area (Å²) < 4.78 is 5.37. The van der Waals surface area contributed by atoms with Crippen LogP contribution in [0.15, 0.2) is 48.8 Å². The number of nitrogens with zero attached hydrogens (tertiary/aromatic N) is 3. The summed E-state index contributed by atoms with van der Waals surface area (Å²) in [6.45, 7) is 4.35. The number of amides is 3. The lowest BCUT2D eigenvalue weighted by molar-refractivity contribution is -0.136. The van der Waals surface area contributed by atoms with Crippen molar-refractivity contribution < 1.29 is 14.3 Å². The number of aromatic nitrogens is 1. The first-order valence-electron chi connectivity index (χ1n) is 11.6. The summed E-state index contributed by atoms with van der Waals surface area (Å²) >= 11 is 0. The Morgan fingerprint density at radius 3 is 2.38 bits per heavy atom. The lowest BCUT2D eigenvalue weighted by Gasteiger charge is -2.39. The van der Waals surface area contributed by atoms with Crippen molar-refractivity contribution in [2.45, 2.75) is 31.1 Å². The van der Waals surface area contributed by atoms with Gasteiger partial charge >= 0.3 is 6.03 Å². The van der Waals surface area contributed by atoms with Crippen molar-refractivity contribution in [1.29, 1.82) is 0 Å². The molecule has 32 heavy (non-hydrogen) atoms. The molecule has 0 spiro atoms. The number of ether oxygens (including phenoxy) is 1. The van der Waals surface area contributed by atoms with Crippen LogP contribution in [-0.2, 0) is 9.53 Å². The van der Waals surface area contributed by atoms with Crippen LogP contribution in [0.4, 0.5) is 10.5 Å². The molecule has 3 fully saturated rings. The number of piperidine rings is 1. The Kier molecular flexibility index (Phi) is 6.08. The number of carbonyl (C=O) groups excluding carboxylic acids is 2. The Labute approximate surface area is 188 Å². The third-order valence-electron chi connectivity index (χ3n) is 7.04. The number of carbonyl (C=O) groups is 2. The quantitative estimate of drug-likeness (QED) is 0.800. The highest BCUT2D eigenvalue weighted by molar-refractivity contribution is 5.90. The number of nitrogens with one attached hydrogen (secondary N) is 1. The average Bonchev–Trinajstić information content (AvgIpc) is 3.34. The van der Waals surface area contributed by atoms with Gasteiger partial charge in [0.05, 0.1) is 12.5 Å². The largest absolute Gasteiger partial charge is 0.381 e. The summed E-state index contributed by atoms with van der Waals surface area (Å²) in [5.41, 5.74) is 3.28. The van der Waals surface area contributed by atoms with Crippen LogP contribution in [0.1, 0.15) is 42.2 Å². The number of urea groups is 1. The topological polar surface area (TPSA) is 74.8 Å². The third kappa shape index (κ3) is 4.48. The predicted octanol–water partition coefficient (Wildman–Crippen LogP) is 3.46. The molecular weight excluding hydrogens is 404 g/mol. The molecule has 7 nitrogen and oxygen atoms in total. The number of anilines is 1. The predicted molar refractivity (Wildman–Crippen MR) is 121 cm³/mol. The molecule has 3 aliphatic heterocycles. The van der Waals surface area contributed by atoms with E-state index in [1.165, 1.54) is 11.1 Å². The molecule has 0 aliphatic carbocycles. The van der Waals surface area contributed by atoms with Crippen LogP contribution < -0.4 is 5.32 Å². The zero-order chi connectivity index (χ0) is 21.9. The second-order valence-electron chi connectivity index (χ2n) is 9.10. The zero-order valence-corrected chi connectivity index (χ0v) is 18.3. The minimum absolute atomic E-state index is 0.0550. The smallest absolute Gasteiger partial charge is 0.321 e. The monoisotopic (exact) mass is 434 g/mol. The van der Waals surface area contributed by atoms with Gasteiger partial charge in [-0.1, -0.05) is 18.2 Å². The number of likely N-dealkylation sites (tertiary alicyclic amines) is 2. The van der Waals surface area contributed by atoms with Crippen molar-refractivity contribution in [1.82, 2.24) is 14.8 Å². The van der Waals surface area contributed by atoms with Gasteiger partial charge in [-0.25, -0.2) is 4.79 Å². The molecule has 1 aromatic heterocycles. The highest BCUT2D eigenvalue weighted by Crippen LogP contribution is 2.31. The first-order valence-corrected chi connectivity index (χ1v) is 11.6. The van der Waals surface area contributed by atoms with Crippen LogP contribution in [-0.4, -0.2) is 66.1 Å². The molecule has 3 saturated heterocycles. The van der Waals surface area contributed by atoms with Crippen LogP contribution in [0.3, 0.4) is 0 Å². The van der Waals surface area contributed by atoms with Gasteiger partial charge in [0.2, 0.25) is 5.91 Å². The molecule has 168 valence electrons. The van der Waals surface area contributed by atoms with Gasteiger partial charge in [0.15, 0.2) is 0 Å². The van der Waals surface area contributed by atoms with Crippen LogP contribution in [0.2, 0.25) is 0 Å². The van der Waals surface area contributed by atoms with Crippen molar-refractivity contribution in [3.05, 3.63) is 59.9 Å². The van der Waals surface area contributed by atoms with Crippen LogP contribution in [0.25, 0.3) is 0 Å². The normalized spacial score (nSPS) is 21.9. The number of rotatable bonds is 4. The van der Waals surface area contributed by atoms with Gasteiger partial charge in [0.25, 0.3) is 0 Å². The Balaban J connectivity index is 1.09. The van der Waals surface area contributed by atoms with E-state index in [9.17, 15) is 9.59 Å². The Hall–Kier alpha value is -2.93. The van der Waals surface area contributed by atoms with E-state index in [1.807, 2.05) is 34.2 Å². The summed E-state index contributed by atoms with van der Waals surface area (Å²) in [5.74, 6) is 1.14. The van der Waals surface area contributed by atoms with Crippen molar-refractivity contribution in [2.75, 3.05) is 44.7 Å². The fourth-order valence-corrected chi connectivity index (χ4v) is 4.93. The molecule has 0 radical (unpaired) electrons. The minimum atomic E-state index is -0.0550.